The molecule has 1 aliphatic heterocycles. The molecule has 0 unspecified atom stereocenters. The highest BCUT2D eigenvalue weighted by atomic mass is 16.7. The van der Waals surface area contributed by atoms with E-state index < -0.39 is 17.7 Å². The van der Waals surface area contributed by atoms with Crippen LogP contribution in [0.4, 0.5) is 0 Å². The van der Waals surface area contributed by atoms with E-state index in [0.29, 0.717) is 6.61 Å². The van der Waals surface area contributed by atoms with Crippen LogP contribution in [0.3, 0.4) is 0 Å². The van der Waals surface area contributed by atoms with Crippen molar-refractivity contribution in [1.29, 1.82) is 0 Å². The van der Waals surface area contributed by atoms with Crippen molar-refractivity contribution in [3.05, 3.63) is 41.0 Å². The maximum atomic E-state index is 11.9. The van der Waals surface area contributed by atoms with E-state index in [4.69, 9.17) is 14.2 Å². The first-order valence-corrected chi connectivity index (χ1v) is 8.76. The molecule has 136 valence electrons. The van der Waals surface area contributed by atoms with Gasteiger partial charge in [-0.3, -0.25) is 0 Å². The number of carbonyl (C=O) groups is 2. The molecular weight excluding hydrogens is 320 g/mol. The fourth-order valence-corrected chi connectivity index (χ4v) is 2.48. The van der Waals surface area contributed by atoms with Crippen molar-refractivity contribution in [3.8, 4) is 0 Å². The van der Waals surface area contributed by atoms with Crippen molar-refractivity contribution < 1.29 is 23.8 Å². The third kappa shape index (κ3) is 6.02. The van der Waals surface area contributed by atoms with Crippen molar-refractivity contribution in [2.24, 2.45) is 0 Å². The van der Waals surface area contributed by atoms with Crippen LogP contribution in [0.2, 0.25) is 0 Å². The van der Waals surface area contributed by atoms with Crippen molar-refractivity contribution in [1.82, 2.24) is 0 Å². The summed E-state index contributed by atoms with van der Waals surface area (Å²) >= 11 is 0. The number of rotatable bonds is 8. The molecule has 0 saturated carbocycles. The van der Waals surface area contributed by atoms with Crippen molar-refractivity contribution in [2.75, 3.05) is 6.61 Å². The molecule has 1 fully saturated rings. The third-order valence-electron chi connectivity index (χ3n) is 3.82. The molecule has 1 aromatic rings. The molecule has 0 bridgehead atoms. The van der Waals surface area contributed by atoms with Gasteiger partial charge in [-0.2, -0.15) is 0 Å². The molecular formula is C20H26O5. The Morgan fingerprint density at radius 3 is 2.24 bits per heavy atom. The second kappa shape index (κ2) is 8.81. The van der Waals surface area contributed by atoms with Gasteiger partial charge in [-0.15, -0.1) is 0 Å². The molecule has 0 aliphatic carbocycles. The predicted octanol–water partition coefficient (Wildman–Crippen LogP) is 4.00. The molecule has 1 heterocycles. The number of hydrogen-bond acceptors (Lipinski definition) is 5. The van der Waals surface area contributed by atoms with Crippen LogP contribution in [0.15, 0.2) is 29.8 Å². The largest absolute Gasteiger partial charge is 0.419 e. The summed E-state index contributed by atoms with van der Waals surface area (Å²) in [7, 11) is 0. The Kier molecular flexibility index (Phi) is 6.76. The lowest BCUT2D eigenvalue weighted by Crippen LogP contribution is -2.41. The second-order valence-electron chi connectivity index (χ2n) is 6.59. The fraction of sp³-hybridized carbons (Fsp3) is 0.500. The van der Waals surface area contributed by atoms with Gasteiger partial charge in [0, 0.05) is 20.5 Å². The van der Waals surface area contributed by atoms with Gasteiger partial charge in [0.1, 0.15) is 5.57 Å². The highest BCUT2D eigenvalue weighted by Gasteiger charge is 2.38. The van der Waals surface area contributed by atoms with Crippen LogP contribution < -0.4 is 0 Å². The normalized spacial score (nSPS) is 16.4. The van der Waals surface area contributed by atoms with E-state index in [1.807, 2.05) is 24.3 Å². The highest BCUT2D eigenvalue weighted by Crippen LogP contribution is 2.24. The van der Waals surface area contributed by atoms with E-state index in [0.717, 1.165) is 24.2 Å². The van der Waals surface area contributed by atoms with E-state index in [1.165, 1.54) is 39.2 Å². The lowest BCUT2D eigenvalue weighted by molar-refractivity contribution is -0.222. The molecule has 5 heteroatoms. The third-order valence-corrected chi connectivity index (χ3v) is 3.82. The zero-order valence-electron chi connectivity index (χ0n) is 15.2. The van der Waals surface area contributed by atoms with E-state index >= 15 is 0 Å². The van der Waals surface area contributed by atoms with E-state index in [-0.39, 0.29) is 5.57 Å². The molecule has 0 atom stereocenters. The van der Waals surface area contributed by atoms with Crippen LogP contribution in [-0.4, -0.2) is 24.3 Å². The van der Waals surface area contributed by atoms with Crippen LogP contribution in [0, 0.1) is 0 Å². The monoisotopic (exact) mass is 346 g/mol. The van der Waals surface area contributed by atoms with Gasteiger partial charge in [0.05, 0.1) is 6.61 Å². The number of unbranched alkanes of at least 4 members (excludes halogenated alkanes) is 3. The summed E-state index contributed by atoms with van der Waals surface area (Å²) in [6.45, 7) is 6.55. The molecule has 0 N–H and O–H groups in total. The Morgan fingerprint density at radius 2 is 1.64 bits per heavy atom. The number of benzene rings is 1. The molecule has 0 radical (unpaired) electrons. The van der Waals surface area contributed by atoms with Gasteiger partial charge in [-0.25, -0.2) is 9.59 Å². The lowest BCUT2D eigenvalue weighted by atomic mass is 10.1. The summed E-state index contributed by atoms with van der Waals surface area (Å²) in [5, 5.41) is 0. The van der Waals surface area contributed by atoms with Crippen LogP contribution in [0.1, 0.15) is 57.6 Å². The number of esters is 2. The van der Waals surface area contributed by atoms with Gasteiger partial charge in [0.2, 0.25) is 0 Å². The van der Waals surface area contributed by atoms with Crippen molar-refractivity contribution in [2.45, 2.75) is 58.8 Å². The lowest BCUT2D eigenvalue weighted by Gasteiger charge is -2.29. The maximum Gasteiger partial charge on any atom is 0.348 e. The molecule has 1 aliphatic rings. The quantitative estimate of drug-likeness (QED) is 0.308. The maximum absolute atomic E-state index is 11.9. The summed E-state index contributed by atoms with van der Waals surface area (Å²) < 4.78 is 15.8. The Morgan fingerprint density at radius 1 is 1.00 bits per heavy atom. The zero-order chi connectivity index (χ0) is 18.3. The minimum Gasteiger partial charge on any atom is -0.419 e. The second-order valence-corrected chi connectivity index (χ2v) is 6.59. The predicted molar refractivity (Wildman–Crippen MR) is 94.5 cm³/mol. The van der Waals surface area contributed by atoms with Crippen LogP contribution in [0.25, 0.3) is 6.08 Å². The summed E-state index contributed by atoms with van der Waals surface area (Å²) in [4.78, 5) is 23.9. The van der Waals surface area contributed by atoms with Gasteiger partial charge >= 0.3 is 11.9 Å². The smallest absolute Gasteiger partial charge is 0.348 e. The Labute approximate surface area is 149 Å². The average molecular weight is 346 g/mol. The standard InChI is InChI=1S/C20H26O5/c1-4-5-6-7-12-23-14-16-10-8-15(9-11-16)13-17-18(21)24-20(2,3)25-19(17)22/h8-11,13H,4-7,12,14H2,1-3H3. The summed E-state index contributed by atoms with van der Waals surface area (Å²) in [5.74, 6) is -2.55. The van der Waals surface area contributed by atoms with Crippen LogP contribution in [-0.2, 0) is 30.4 Å². The minimum absolute atomic E-state index is 0.0979. The molecule has 5 nitrogen and oxygen atoms in total. The molecule has 0 aromatic heterocycles. The first kappa shape index (κ1) is 19.2. The van der Waals surface area contributed by atoms with Gasteiger partial charge < -0.3 is 14.2 Å². The van der Waals surface area contributed by atoms with Gasteiger partial charge in [0.25, 0.3) is 5.79 Å². The van der Waals surface area contributed by atoms with Gasteiger partial charge in [0.15, 0.2) is 0 Å². The zero-order valence-corrected chi connectivity index (χ0v) is 15.2. The van der Waals surface area contributed by atoms with Crippen LogP contribution in [0.5, 0.6) is 0 Å². The number of ether oxygens (including phenoxy) is 3. The summed E-state index contributed by atoms with van der Waals surface area (Å²) in [6.07, 6.45) is 6.23. The molecule has 0 amide bonds. The van der Waals surface area contributed by atoms with E-state index in [9.17, 15) is 9.59 Å². The first-order valence-electron chi connectivity index (χ1n) is 8.76. The fourth-order valence-electron chi connectivity index (χ4n) is 2.48. The Hall–Kier alpha value is -2.14. The summed E-state index contributed by atoms with van der Waals surface area (Å²) in [5.41, 5.74) is 1.68. The van der Waals surface area contributed by atoms with Crippen LogP contribution >= 0.6 is 0 Å². The number of hydrogen-bond donors (Lipinski definition) is 0. The van der Waals surface area contributed by atoms with Crippen molar-refractivity contribution in [3.63, 3.8) is 0 Å². The van der Waals surface area contributed by atoms with Crippen molar-refractivity contribution >= 4 is 18.0 Å². The minimum atomic E-state index is -1.22. The van der Waals surface area contributed by atoms with E-state index in [2.05, 4.69) is 6.92 Å². The Balaban J connectivity index is 1.89. The van der Waals surface area contributed by atoms with E-state index in [1.54, 1.807) is 0 Å². The Bertz CT molecular complexity index is 606. The van der Waals surface area contributed by atoms with Gasteiger partial charge in [-0.05, 0) is 23.6 Å². The number of carbonyl (C=O) groups excluding carboxylic acids is 2. The SMILES string of the molecule is CCCCCCOCc1ccc(C=C2C(=O)OC(C)(C)OC2=O)cc1. The highest BCUT2D eigenvalue weighted by molar-refractivity contribution is 6.18. The van der Waals surface area contributed by atoms with Gasteiger partial charge in [-0.1, -0.05) is 50.5 Å². The molecule has 2 rings (SSSR count). The topological polar surface area (TPSA) is 61.8 Å². The molecule has 0 spiro atoms. The summed E-state index contributed by atoms with van der Waals surface area (Å²) in [6, 6.07) is 7.51. The molecule has 1 saturated heterocycles. The molecule has 25 heavy (non-hydrogen) atoms. The average Bonchev–Trinajstić information content (AvgIpc) is 2.54. The first-order chi connectivity index (χ1) is 11.9. The molecule has 1 aromatic carbocycles. The number of cyclic esters (lactones) is 2.